The molecule has 0 aliphatic heterocycles. The van der Waals surface area contributed by atoms with Crippen LogP contribution >= 0.6 is 11.3 Å². The van der Waals surface area contributed by atoms with Crippen molar-refractivity contribution in [1.82, 2.24) is 9.97 Å². The van der Waals surface area contributed by atoms with Crippen molar-refractivity contribution in [3.8, 4) is 32.1 Å². The first-order valence-corrected chi connectivity index (χ1v) is 9.89. The Morgan fingerprint density at radius 2 is 0.964 bits per heavy atom. The maximum absolute atomic E-state index is 6.34. The molecule has 0 unspecified atom stereocenters. The summed E-state index contributed by atoms with van der Waals surface area (Å²) in [6, 6.07) is 30.6. The van der Waals surface area contributed by atoms with Crippen LogP contribution in [0.15, 0.2) is 91.0 Å². The second-order valence-corrected chi connectivity index (χ2v) is 7.53. The molecule has 28 heavy (non-hydrogen) atoms. The molecule has 0 atom stereocenters. The summed E-state index contributed by atoms with van der Waals surface area (Å²) in [7, 11) is 0. The fraction of sp³-hybridized carbons (Fsp3) is 0. The van der Waals surface area contributed by atoms with Gasteiger partial charge in [0.05, 0.1) is 9.75 Å². The van der Waals surface area contributed by atoms with Crippen molar-refractivity contribution >= 4 is 28.2 Å². The minimum absolute atomic E-state index is 0.452. The Balaban J connectivity index is 1.83. The Morgan fingerprint density at radius 3 is 1.46 bits per heavy atom. The molecule has 5 aromatic rings. The van der Waals surface area contributed by atoms with E-state index >= 15 is 0 Å². The highest BCUT2D eigenvalue weighted by Gasteiger charge is 2.19. The Bertz CT molecular complexity index is 1250. The van der Waals surface area contributed by atoms with E-state index in [4.69, 9.17) is 15.7 Å². The van der Waals surface area contributed by atoms with E-state index in [0.717, 1.165) is 43.2 Å². The lowest BCUT2D eigenvalue weighted by Crippen LogP contribution is -1.98. The third-order valence-corrected chi connectivity index (χ3v) is 5.94. The molecule has 0 aliphatic rings. The monoisotopic (exact) mass is 379 g/mol. The van der Waals surface area contributed by atoms with E-state index < -0.39 is 0 Å². The van der Waals surface area contributed by atoms with E-state index in [1.807, 2.05) is 66.7 Å². The second-order valence-electron chi connectivity index (χ2n) is 6.51. The standard InChI is InChI=1S/C24H17N3S/c25-24-19(16-10-4-1-5-11-16)26-20-21(27-24)23(18-14-8-3-9-15-18)28-22(20)17-12-6-2-7-13-17/h1-15H,(H2,25,27). The number of nitrogens with zero attached hydrogens (tertiary/aromatic N) is 2. The zero-order valence-electron chi connectivity index (χ0n) is 15.0. The van der Waals surface area contributed by atoms with Crippen LogP contribution in [-0.2, 0) is 0 Å². The first kappa shape index (κ1) is 16.7. The summed E-state index contributed by atoms with van der Waals surface area (Å²) < 4.78 is 0. The molecule has 0 radical (unpaired) electrons. The largest absolute Gasteiger partial charge is 0.382 e. The summed E-state index contributed by atoms with van der Waals surface area (Å²) in [6.45, 7) is 0. The van der Waals surface area contributed by atoms with Gasteiger partial charge in [-0.25, -0.2) is 9.97 Å². The van der Waals surface area contributed by atoms with Crippen molar-refractivity contribution in [2.45, 2.75) is 0 Å². The van der Waals surface area contributed by atoms with Gasteiger partial charge in [-0.3, -0.25) is 0 Å². The number of thiophene rings is 1. The molecule has 3 aromatic carbocycles. The van der Waals surface area contributed by atoms with Crippen LogP contribution in [0.4, 0.5) is 5.82 Å². The van der Waals surface area contributed by atoms with Gasteiger partial charge in [0.15, 0.2) is 5.82 Å². The van der Waals surface area contributed by atoms with Crippen molar-refractivity contribution in [3.63, 3.8) is 0 Å². The number of anilines is 1. The second kappa shape index (κ2) is 6.91. The maximum atomic E-state index is 6.34. The molecule has 2 heterocycles. The van der Waals surface area contributed by atoms with Crippen molar-refractivity contribution in [2.75, 3.05) is 5.73 Å². The summed E-state index contributed by atoms with van der Waals surface area (Å²) in [5.74, 6) is 0.452. The number of nitrogens with two attached hydrogens (primary N) is 1. The summed E-state index contributed by atoms with van der Waals surface area (Å²) in [5, 5.41) is 0. The molecule has 3 nitrogen and oxygen atoms in total. The molecule has 0 spiro atoms. The minimum atomic E-state index is 0.452. The van der Waals surface area contributed by atoms with Crippen LogP contribution in [0.25, 0.3) is 43.2 Å². The number of aromatic nitrogens is 2. The Hall–Kier alpha value is -3.50. The van der Waals surface area contributed by atoms with Crippen molar-refractivity contribution in [2.24, 2.45) is 0 Å². The van der Waals surface area contributed by atoms with Gasteiger partial charge in [0.1, 0.15) is 16.7 Å². The predicted molar refractivity (Wildman–Crippen MR) is 118 cm³/mol. The third kappa shape index (κ3) is 2.84. The van der Waals surface area contributed by atoms with E-state index in [0.29, 0.717) is 5.82 Å². The van der Waals surface area contributed by atoms with E-state index in [9.17, 15) is 0 Å². The molecule has 0 amide bonds. The molecule has 0 bridgehead atoms. The van der Waals surface area contributed by atoms with Crippen molar-refractivity contribution < 1.29 is 0 Å². The molecule has 2 N–H and O–H groups in total. The topological polar surface area (TPSA) is 51.8 Å². The number of hydrogen-bond donors (Lipinski definition) is 1. The predicted octanol–water partition coefficient (Wildman–Crippen LogP) is 6.27. The van der Waals surface area contributed by atoms with Gasteiger partial charge in [-0.1, -0.05) is 91.0 Å². The summed E-state index contributed by atoms with van der Waals surface area (Å²) in [5.41, 5.74) is 12.1. The minimum Gasteiger partial charge on any atom is -0.382 e. The fourth-order valence-electron chi connectivity index (χ4n) is 3.34. The number of rotatable bonds is 3. The zero-order valence-corrected chi connectivity index (χ0v) is 15.9. The molecule has 0 fully saturated rings. The SMILES string of the molecule is Nc1nc2c(-c3ccccc3)sc(-c3ccccc3)c2nc1-c1ccccc1. The molecule has 0 saturated carbocycles. The van der Waals surface area contributed by atoms with Gasteiger partial charge in [-0.05, 0) is 11.1 Å². The van der Waals surface area contributed by atoms with Gasteiger partial charge in [-0.2, -0.15) is 0 Å². The summed E-state index contributed by atoms with van der Waals surface area (Å²) >= 11 is 1.71. The van der Waals surface area contributed by atoms with Crippen LogP contribution in [0, 0.1) is 0 Å². The lowest BCUT2D eigenvalue weighted by Gasteiger charge is -2.06. The van der Waals surface area contributed by atoms with Gasteiger partial charge in [0, 0.05) is 5.56 Å². The Kier molecular flexibility index (Phi) is 4.11. The van der Waals surface area contributed by atoms with E-state index in [1.54, 1.807) is 11.3 Å². The lowest BCUT2D eigenvalue weighted by molar-refractivity contribution is 1.31. The molecule has 5 rings (SSSR count). The van der Waals surface area contributed by atoms with Gasteiger partial charge < -0.3 is 5.73 Å². The average Bonchev–Trinajstić information content (AvgIpc) is 3.13. The third-order valence-electron chi connectivity index (χ3n) is 4.68. The van der Waals surface area contributed by atoms with Gasteiger partial charge in [0.2, 0.25) is 0 Å². The van der Waals surface area contributed by atoms with Crippen molar-refractivity contribution in [1.29, 1.82) is 0 Å². The fourth-order valence-corrected chi connectivity index (χ4v) is 4.53. The number of hydrogen-bond acceptors (Lipinski definition) is 4. The summed E-state index contributed by atoms with van der Waals surface area (Å²) in [4.78, 5) is 12.0. The first-order valence-electron chi connectivity index (χ1n) is 9.07. The molecule has 2 aromatic heterocycles. The molecule has 134 valence electrons. The highest BCUT2D eigenvalue weighted by Crippen LogP contribution is 2.43. The Labute approximate surface area is 167 Å². The molecule has 0 aliphatic carbocycles. The maximum Gasteiger partial charge on any atom is 0.150 e. The van der Waals surface area contributed by atoms with Crippen LogP contribution < -0.4 is 5.73 Å². The lowest BCUT2D eigenvalue weighted by atomic mass is 10.1. The van der Waals surface area contributed by atoms with Crippen LogP contribution in [0.3, 0.4) is 0 Å². The normalized spacial score (nSPS) is 11.0. The number of nitrogen functional groups attached to an aromatic ring is 1. The van der Waals surface area contributed by atoms with Gasteiger partial charge >= 0.3 is 0 Å². The van der Waals surface area contributed by atoms with Crippen LogP contribution in [-0.4, -0.2) is 9.97 Å². The van der Waals surface area contributed by atoms with E-state index in [1.165, 1.54) is 0 Å². The number of fused-ring (bicyclic) bond motifs is 1. The molecular formula is C24H17N3S. The summed E-state index contributed by atoms with van der Waals surface area (Å²) in [6.07, 6.45) is 0. The average molecular weight is 379 g/mol. The Morgan fingerprint density at radius 1 is 0.536 bits per heavy atom. The van der Waals surface area contributed by atoms with Gasteiger partial charge in [0.25, 0.3) is 0 Å². The van der Waals surface area contributed by atoms with E-state index in [2.05, 4.69) is 24.3 Å². The molecule has 0 saturated heterocycles. The van der Waals surface area contributed by atoms with Crippen LogP contribution in [0.2, 0.25) is 0 Å². The molecule has 4 heteroatoms. The smallest absolute Gasteiger partial charge is 0.150 e. The van der Waals surface area contributed by atoms with E-state index in [-0.39, 0.29) is 0 Å². The highest BCUT2D eigenvalue weighted by molar-refractivity contribution is 7.20. The van der Waals surface area contributed by atoms with Crippen molar-refractivity contribution in [3.05, 3.63) is 91.0 Å². The van der Waals surface area contributed by atoms with Gasteiger partial charge in [-0.15, -0.1) is 11.3 Å². The first-order chi connectivity index (χ1) is 13.8. The highest BCUT2D eigenvalue weighted by atomic mass is 32.1. The molecular weight excluding hydrogens is 362 g/mol. The quantitative estimate of drug-likeness (QED) is 0.402. The number of benzene rings is 3. The van der Waals surface area contributed by atoms with Crippen LogP contribution in [0.1, 0.15) is 0 Å². The van der Waals surface area contributed by atoms with Crippen LogP contribution in [0.5, 0.6) is 0 Å². The zero-order chi connectivity index (χ0) is 18.9.